The molecule has 0 aromatic carbocycles. The van der Waals surface area contributed by atoms with Crippen LogP contribution in [0.4, 0.5) is 13.2 Å². The maximum absolute atomic E-state index is 12.6. The average molecular weight is 516 g/mol. The van der Waals surface area contributed by atoms with Crippen LogP contribution in [0.25, 0.3) is 0 Å². The summed E-state index contributed by atoms with van der Waals surface area (Å²) >= 11 is 0.970. The summed E-state index contributed by atoms with van der Waals surface area (Å²) in [4.78, 5) is 7.72. The molecule has 6 nitrogen and oxygen atoms in total. The van der Waals surface area contributed by atoms with Crippen molar-refractivity contribution in [3.05, 3.63) is 33.0 Å². The van der Waals surface area contributed by atoms with Gasteiger partial charge in [-0.3, -0.25) is 9.67 Å². The molecule has 0 saturated carbocycles. The van der Waals surface area contributed by atoms with E-state index in [0.717, 1.165) is 34.5 Å². The van der Waals surface area contributed by atoms with E-state index < -0.39 is 11.9 Å². The minimum atomic E-state index is -4.41. The lowest BCUT2D eigenvalue weighted by atomic mass is 10.1. The first kappa shape index (κ1) is 23.7. The zero-order chi connectivity index (χ0) is 19.5. The Kier molecular flexibility index (Phi) is 8.51. The Morgan fingerprint density at radius 3 is 2.52 bits per heavy atom. The molecule has 0 radical (unpaired) electrons. The fourth-order valence-corrected chi connectivity index (χ4v) is 3.32. The molecule has 0 bridgehead atoms. The number of thiazole rings is 1. The van der Waals surface area contributed by atoms with E-state index in [1.807, 2.05) is 32.5 Å². The predicted octanol–water partition coefficient (Wildman–Crippen LogP) is 3.43. The fraction of sp³-hybridized carbons (Fsp3) is 0.562. The van der Waals surface area contributed by atoms with Crippen molar-refractivity contribution in [2.24, 2.45) is 12.0 Å². The van der Waals surface area contributed by atoms with Crippen LogP contribution in [-0.2, 0) is 26.2 Å². The lowest BCUT2D eigenvalue weighted by molar-refractivity contribution is -0.140. The first-order chi connectivity index (χ1) is 12.1. The van der Waals surface area contributed by atoms with Crippen LogP contribution < -0.4 is 10.6 Å². The van der Waals surface area contributed by atoms with E-state index in [4.69, 9.17) is 0 Å². The monoisotopic (exact) mass is 516 g/mol. The zero-order valence-corrected chi connectivity index (χ0v) is 19.0. The van der Waals surface area contributed by atoms with Gasteiger partial charge in [0.25, 0.3) is 0 Å². The minimum absolute atomic E-state index is 0. The Morgan fingerprint density at radius 1 is 1.37 bits per heavy atom. The Bertz CT molecular complexity index is 784. The fourth-order valence-electron chi connectivity index (χ4n) is 2.58. The number of alkyl halides is 3. The molecule has 0 aliphatic rings. The van der Waals surface area contributed by atoms with Crippen molar-refractivity contribution in [2.75, 3.05) is 7.05 Å². The zero-order valence-electron chi connectivity index (χ0n) is 15.8. The summed E-state index contributed by atoms with van der Waals surface area (Å²) in [5.74, 6) is 0.514. The van der Waals surface area contributed by atoms with Crippen LogP contribution in [0.5, 0.6) is 0 Å². The topological polar surface area (TPSA) is 67.1 Å². The van der Waals surface area contributed by atoms with E-state index in [1.54, 1.807) is 7.05 Å². The normalized spacial score (nSPS) is 13.3. The van der Waals surface area contributed by atoms with E-state index in [2.05, 4.69) is 25.7 Å². The molecule has 0 saturated heterocycles. The van der Waals surface area contributed by atoms with Crippen LogP contribution in [0, 0.1) is 13.8 Å². The van der Waals surface area contributed by atoms with Gasteiger partial charge in [-0.15, -0.1) is 35.3 Å². The van der Waals surface area contributed by atoms with Crippen LogP contribution >= 0.6 is 35.3 Å². The minimum Gasteiger partial charge on any atom is -0.354 e. The van der Waals surface area contributed by atoms with Crippen molar-refractivity contribution in [1.29, 1.82) is 0 Å². The molecule has 11 heteroatoms. The second kappa shape index (κ2) is 9.71. The van der Waals surface area contributed by atoms with Gasteiger partial charge in [0.05, 0.1) is 12.2 Å². The molecule has 2 heterocycles. The highest BCUT2D eigenvalue weighted by molar-refractivity contribution is 14.0. The highest BCUT2D eigenvalue weighted by Crippen LogP contribution is 2.29. The van der Waals surface area contributed by atoms with Crippen molar-refractivity contribution in [3.63, 3.8) is 0 Å². The van der Waals surface area contributed by atoms with E-state index in [0.29, 0.717) is 11.0 Å². The number of halogens is 4. The summed E-state index contributed by atoms with van der Waals surface area (Å²) in [5, 5.41) is 12.0. The van der Waals surface area contributed by atoms with Crippen molar-refractivity contribution < 1.29 is 13.2 Å². The maximum atomic E-state index is 12.6. The summed E-state index contributed by atoms with van der Waals surface area (Å²) in [7, 11) is 3.53. The van der Waals surface area contributed by atoms with E-state index in [9.17, 15) is 13.2 Å². The number of hydrogen-bond acceptors (Lipinski definition) is 4. The van der Waals surface area contributed by atoms with Crippen molar-refractivity contribution in [3.8, 4) is 0 Å². The largest absolute Gasteiger partial charge is 0.434 e. The second-order valence-corrected chi connectivity index (χ2v) is 7.02. The Labute approximate surface area is 177 Å². The van der Waals surface area contributed by atoms with Crippen LogP contribution in [-0.4, -0.2) is 33.8 Å². The number of nitrogens with one attached hydrogen (secondary N) is 2. The summed E-state index contributed by atoms with van der Waals surface area (Å²) in [6.45, 7) is 6.20. The molecular weight excluding hydrogens is 492 g/mol. The summed E-state index contributed by atoms with van der Waals surface area (Å²) in [6.07, 6.45) is -3.65. The number of aromatic nitrogens is 3. The molecule has 1 unspecified atom stereocenters. The second-order valence-electron chi connectivity index (χ2n) is 6.07. The molecule has 2 aromatic heterocycles. The maximum Gasteiger partial charge on any atom is 0.434 e. The lowest BCUT2D eigenvalue weighted by Crippen LogP contribution is -2.42. The summed E-state index contributed by atoms with van der Waals surface area (Å²) in [5.41, 5.74) is 2.42. The van der Waals surface area contributed by atoms with E-state index in [-0.39, 0.29) is 36.6 Å². The Balaban J connectivity index is 0.00000364. The average Bonchev–Trinajstić information content (AvgIpc) is 3.12. The molecule has 2 aromatic rings. The molecule has 0 amide bonds. The highest BCUT2D eigenvalue weighted by Gasteiger charge is 2.33. The Morgan fingerprint density at radius 2 is 2.04 bits per heavy atom. The van der Waals surface area contributed by atoms with Crippen LogP contribution in [0.2, 0.25) is 0 Å². The van der Waals surface area contributed by atoms with Gasteiger partial charge in [-0.05, 0) is 32.8 Å². The number of aliphatic imine (C=N–C) groups is 1. The van der Waals surface area contributed by atoms with E-state index in [1.165, 1.54) is 5.56 Å². The molecule has 152 valence electrons. The van der Waals surface area contributed by atoms with Crippen LogP contribution in [0.15, 0.2) is 10.4 Å². The number of aryl methyl sites for hydroxylation is 2. The van der Waals surface area contributed by atoms with Crippen LogP contribution in [0.3, 0.4) is 0 Å². The molecular formula is C16H24F3IN6S. The van der Waals surface area contributed by atoms with Gasteiger partial charge >= 0.3 is 6.18 Å². The molecule has 0 fully saturated rings. The van der Waals surface area contributed by atoms with Gasteiger partial charge in [-0.25, -0.2) is 4.98 Å². The molecule has 2 rings (SSSR count). The van der Waals surface area contributed by atoms with Crippen LogP contribution in [0.1, 0.15) is 34.6 Å². The quantitative estimate of drug-likeness (QED) is 0.363. The van der Waals surface area contributed by atoms with Gasteiger partial charge in [-0.1, -0.05) is 0 Å². The summed E-state index contributed by atoms with van der Waals surface area (Å²) < 4.78 is 39.6. The van der Waals surface area contributed by atoms with Gasteiger partial charge in [0.15, 0.2) is 11.7 Å². The molecule has 2 N–H and O–H groups in total. The first-order valence-electron chi connectivity index (χ1n) is 8.09. The molecule has 27 heavy (non-hydrogen) atoms. The Hall–Kier alpha value is -1.37. The van der Waals surface area contributed by atoms with Crippen molar-refractivity contribution in [2.45, 2.75) is 46.0 Å². The number of nitrogens with zero attached hydrogens (tertiary/aromatic N) is 4. The number of hydrogen-bond donors (Lipinski definition) is 2. The van der Waals surface area contributed by atoms with Gasteiger partial charge in [-0.2, -0.15) is 18.3 Å². The van der Waals surface area contributed by atoms with Crippen molar-refractivity contribution in [1.82, 2.24) is 25.4 Å². The van der Waals surface area contributed by atoms with E-state index >= 15 is 0 Å². The van der Waals surface area contributed by atoms with Gasteiger partial charge in [0, 0.05) is 31.2 Å². The van der Waals surface area contributed by atoms with Crippen molar-refractivity contribution >= 4 is 41.3 Å². The molecule has 1 atom stereocenters. The smallest absolute Gasteiger partial charge is 0.354 e. The SMILES string of the molecule is CN=C(NCc1nc(C(F)(F)F)cs1)NC(C)Cc1c(C)nn(C)c1C.I. The molecule has 0 aliphatic heterocycles. The third kappa shape index (κ3) is 6.33. The first-order valence-corrected chi connectivity index (χ1v) is 8.97. The standard InChI is InChI=1S/C16H23F3N6S.HI/c1-9(6-12-10(2)24-25(5)11(12)3)22-15(20-4)21-7-14-23-13(8-26-14)16(17,18)19;/h8-9H,6-7H2,1-5H3,(H2,20,21,22);1H. The van der Waals surface area contributed by atoms with Gasteiger partial charge < -0.3 is 10.6 Å². The lowest BCUT2D eigenvalue weighted by Gasteiger charge is -2.18. The number of guanidine groups is 1. The predicted molar refractivity (Wildman–Crippen MR) is 112 cm³/mol. The third-order valence-electron chi connectivity index (χ3n) is 4.03. The number of rotatable bonds is 5. The summed E-state index contributed by atoms with van der Waals surface area (Å²) in [6, 6.07) is 0.0739. The van der Waals surface area contributed by atoms with Gasteiger partial charge in [0.1, 0.15) is 5.01 Å². The highest BCUT2D eigenvalue weighted by atomic mass is 127. The molecule has 0 spiro atoms. The van der Waals surface area contributed by atoms with Gasteiger partial charge in [0.2, 0.25) is 0 Å². The third-order valence-corrected chi connectivity index (χ3v) is 4.87. The molecule has 0 aliphatic carbocycles.